The highest BCUT2D eigenvalue weighted by atomic mass is 32.2. The van der Waals surface area contributed by atoms with E-state index in [-0.39, 0.29) is 0 Å². The smallest absolute Gasteiger partial charge is 0.00472 e. The first-order valence-corrected chi connectivity index (χ1v) is 9.17. The minimum Gasteiger partial charge on any atom is -0.179 e. The molecule has 0 aliphatic heterocycles. The van der Waals surface area contributed by atoms with Gasteiger partial charge in [0.05, 0.1) is 0 Å². The zero-order valence-electron chi connectivity index (χ0n) is 11.7. The van der Waals surface area contributed by atoms with Crippen LogP contribution in [-0.4, -0.2) is 16.8 Å². The van der Waals surface area contributed by atoms with E-state index >= 15 is 0 Å². The van der Waals surface area contributed by atoms with E-state index in [1.807, 2.05) is 0 Å². The molecule has 0 aromatic rings. The molecule has 0 spiro atoms. The molecule has 0 heterocycles. The van der Waals surface area contributed by atoms with Gasteiger partial charge in [-0.25, -0.2) is 0 Å². The molecule has 0 radical (unpaired) electrons. The number of rotatable bonds is 8. The highest BCUT2D eigenvalue weighted by Crippen LogP contribution is 2.38. The summed E-state index contributed by atoms with van der Waals surface area (Å²) < 4.78 is 0. The molecule has 0 aromatic heterocycles. The van der Waals surface area contributed by atoms with Crippen molar-refractivity contribution in [3.63, 3.8) is 0 Å². The Labute approximate surface area is 118 Å². The lowest BCUT2D eigenvalue weighted by Crippen LogP contribution is -2.27. The van der Waals surface area contributed by atoms with E-state index in [2.05, 4.69) is 38.2 Å². The van der Waals surface area contributed by atoms with Gasteiger partial charge in [-0.3, -0.25) is 0 Å². The Morgan fingerprint density at radius 1 is 1.06 bits per heavy atom. The second kappa shape index (κ2) is 8.74. The van der Waals surface area contributed by atoms with Crippen molar-refractivity contribution in [3.8, 4) is 0 Å². The van der Waals surface area contributed by atoms with Crippen LogP contribution in [0.3, 0.4) is 0 Å². The monoisotopic (exact) mass is 274 g/mol. The minimum atomic E-state index is 0.523. The maximum Gasteiger partial charge on any atom is 0.00472 e. The van der Waals surface area contributed by atoms with Gasteiger partial charge in [0, 0.05) is 5.25 Å². The average Bonchev–Trinajstić information content (AvgIpc) is 2.38. The largest absolute Gasteiger partial charge is 0.179 e. The lowest BCUT2D eigenvalue weighted by atomic mass is 9.83. The highest BCUT2D eigenvalue weighted by Gasteiger charge is 2.28. The van der Waals surface area contributed by atoms with Gasteiger partial charge in [-0.1, -0.05) is 46.0 Å². The fourth-order valence-corrected chi connectivity index (χ4v) is 5.29. The predicted molar refractivity (Wildman–Crippen MR) is 85.4 cm³/mol. The molecular formula is C15H30S2. The van der Waals surface area contributed by atoms with E-state index in [9.17, 15) is 0 Å². The summed E-state index contributed by atoms with van der Waals surface area (Å²) in [5.41, 5.74) is 0.523. The van der Waals surface area contributed by atoms with Gasteiger partial charge in [0.2, 0.25) is 0 Å². The van der Waals surface area contributed by atoms with Crippen molar-refractivity contribution in [2.45, 2.75) is 76.9 Å². The first-order chi connectivity index (χ1) is 8.26. The summed E-state index contributed by atoms with van der Waals surface area (Å²) in [5.74, 6) is 2.43. The Kier molecular flexibility index (Phi) is 8.10. The zero-order valence-corrected chi connectivity index (χ0v) is 13.4. The molecule has 0 bridgehead atoms. The summed E-state index contributed by atoms with van der Waals surface area (Å²) in [6.07, 6.45) is 12.7. The van der Waals surface area contributed by atoms with Crippen LogP contribution in [0.1, 0.15) is 71.6 Å². The van der Waals surface area contributed by atoms with Gasteiger partial charge < -0.3 is 0 Å². The predicted octanol–water partition coefficient (Wildman–Crippen LogP) is 5.57. The summed E-state index contributed by atoms with van der Waals surface area (Å²) in [7, 11) is 0. The Morgan fingerprint density at radius 3 is 2.12 bits per heavy atom. The van der Waals surface area contributed by atoms with Gasteiger partial charge in [0.1, 0.15) is 0 Å². The number of thioether (sulfide) groups is 1. The second-order valence-corrected chi connectivity index (χ2v) is 7.33. The summed E-state index contributed by atoms with van der Waals surface area (Å²) in [6, 6.07) is 0. The summed E-state index contributed by atoms with van der Waals surface area (Å²) >= 11 is 6.91. The number of thiol groups is 1. The van der Waals surface area contributed by atoms with Gasteiger partial charge in [-0.2, -0.15) is 24.4 Å². The molecule has 0 N–H and O–H groups in total. The van der Waals surface area contributed by atoms with Crippen LogP contribution in [0.4, 0.5) is 0 Å². The quantitative estimate of drug-likeness (QED) is 0.565. The Hall–Kier alpha value is 0.700. The van der Waals surface area contributed by atoms with Crippen LogP contribution in [0.5, 0.6) is 0 Å². The molecular weight excluding hydrogens is 244 g/mol. The second-order valence-electron chi connectivity index (χ2n) is 5.73. The van der Waals surface area contributed by atoms with E-state index in [1.165, 1.54) is 63.5 Å². The van der Waals surface area contributed by atoms with Gasteiger partial charge in [-0.15, -0.1) is 0 Å². The standard InChI is InChI=1S/C15H30S2/c1-3-10-15(12-16,11-4-2)13-17-14-8-6-5-7-9-14/h14,16H,3-13H2,1-2H3. The lowest BCUT2D eigenvalue weighted by molar-refractivity contribution is 0.317. The maximum absolute atomic E-state index is 4.65. The van der Waals surface area contributed by atoms with Gasteiger partial charge in [-0.05, 0) is 42.6 Å². The Bertz CT molecular complexity index is 179. The minimum absolute atomic E-state index is 0.523. The maximum atomic E-state index is 4.65. The Balaban J connectivity index is 2.40. The van der Waals surface area contributed by atoms with Crippen molar-refractivity contribution in [2.75, 3.05) is 11.5 Å². The Morgan fingerprint density at radius 2 is 1.65 bits per heavy atom. The van der Waals surface area contributed by atoms with Crippen molar-refractivity contribution in [1.29, 1.82) is 0 Å². The van der Waals surface area contributed by atoms with Crippen LogP contribution < -0.4 is 0 Å². The molecule has 0 unspecified atom stereocenters. The van der Waals surface area contributed by atoms with E-state index in [0.717, 1.165) is 11.0 Å². The molecule has 1 rings (SSSR count). The molecule has 1 fully saturated rings. The summed E-state index contributed by atoms with van der Waals surface area (Å²) in [6.45, 7) is 4.64. The number of hydrogen-bond acceptors (Lipinski definition) is 2. The highest BCUT2D eigenvalue weighted by molar-refractivity contribution is 7.99. The van der Waals surface area contributed by atoms with Crippen LogP contribution in [-0.2, 0) is 0 Å². The molecule has 0 aromatic carbocycles. The van der Waals surface area contributed by atoms with E-state index < -0.39 is 0 Å². The fourth-order valence-electron chi connectivity index (χ4n) is 3.06. The van der Waals surface area contributed by atoms with Crippen molar-refractivity contribution < 1.29 is 0 Å². The van der Waals surface area contributed by atoms with Crippen molar-refractivity contribution in [2.24, 2.45) is 5.41 Å². The van der Waals surface area contributed by atoms with Gasteiger partial charge in [0.15, 0.2) is 0 Å². The molecule has 1 aliphatic carbocycles. The van der Waals surface area contributed by atoms with E-state index in [0.29, 0.717) is 5.41 Å². The van der Waals surface area contributed by atoms with Gasteiger partial charge >= 0.3 is 0 Å². The molecule has 1 aliphatic rings. The van der Waals surface area contributed by atoms with Crippen LogP contribution >= 0.6 is 24.4 Å². The van der Waals surface area contributed by atoms with Crippen molar-refractivity contribution >= 4 is 24.4 Å². The molecule has 1 saturated carbocycles. The molecule has 0 amide bonds. The van der Waals surface area contributed by atoms with Crippen LogP contribution in [0.25, 0.3) is 0 Å². The van der Waals surface area contributed by atoms with Crippen molar-refractivity contribution in [3.05, 3.63) is 0 Å². The normalized spacial score (nSPS) is 18.5. The average molecular weight is 275 g/mol. The summed E-state index contributed by atoms with van der Waals surface area (Å²) in [4.78, 5) is 0. The molecule has 0 saturated heterocycles. The first-order valence-electron chi connectivity index (χ1n) is 7.49. The molecule has 0 atom stereocenters. The third-order valence-corrected chi connectivity index (χ3v) is 6.47. The molecule has 2 heteroatoms. The van der Waals surface area contributed by atoms with Gasteiger partial charge in [0.25, 0.3) is 0 Å². The SMILES string of the molecule is CCCC(CS)(CCC)CSC1CCCCC1. The molecule has 102 valence electrons. The number of hydrogen-bond donors (Lipinski definition) is 1. The van der Waals surface area contributed by atoms with E-state index in [1.54, 1.807) is 0 Å². The van der Waals surface area contributed by atoms with Crippen LogP contribution in [0.15, 0.2) is 0 Å². The third kappa shape index (κ3) is 5.46. The van der Waals surface area contributed by atoms with Crippen LogP contribution in [0, 0.1) is 5.41 Å². The third-order valence-electron chi connectivity index (χ3n) is 4.07. The summed E-state index contributed by atoms with van der Waals surface area (Å²) in [5, 5.41) is 0.955. The zero-order chi connectivity index (χ0) is 12.6. The fraction of sp³-hybridized carbons (Fsp3) is 1.00. The topological polar surface area (TPSA) is 0 Å². The molecule has 0 nitrogen and oxygen atoms in total. The molecule has 17 heavy (non-hydrogen) atoms. The lowest BCUT2D eigenvalue weighted by Gasteiger charge is -2.34. The van der Waals surface area contributed by atoms with Crippen molar-refractivity contribution in [1.82, 2.24) is 0 Å². The van der Waals surface area contributed by atoms with E-state index in [4.69, 9.17) is 0 Å². The van der Waals surface area contributed by atoms with Crippen LogP contribution in [0.2, 0.25) is 0 Å². The first kappa shape index (κ1) is 15.8.